The molecule has 1 saturated carbocycles. The second-order valence-electron chi connectivity index (χ2n) is 8.46. The second kappa shape index (κ2) is 7.89. The van der Waals surface area contributed by atoms with Gasteiger partial charge in [0, 0.05) is 36.6 Å². The van der Waals surface area contributed by atoms with Gasteiger partial charge in [-0.3, -0.25) is 0 Å². The lowest BCUT2D eigenvalue weighted by Gasteiger charge is -2.29. The molecule has 2 aromatic heterocycles. The van der Waals surface area contributed by atoms with E-state index in [0.717, 1.165) is 35.8 Å². The summed E-state index contributed by atoms with van der Waals surface area (Å²) in [5, 5.41) is 28.4. The summed E-state index contributed by atoms with van der Waals surface area (Å²) in [5.74, 6) is 0.546. The predicted octanol–water partition coefficient (Wildman–Crippen LogP) is 2.74. The van der Waals surface area contributed by atoms with Crippen molar-refractivity contribution >= 4 is 17.2 Å². The van der Waals surface area contributed by atoms with E-state index in [1.807, 2.05) is 12.1 Å². The van der Waals surface area contributed by atoms with Crippen LogP contribution < -0.4 is 10.2 Å². The third kappa shape index (κ3) is 3.52. The SMILES string of the molecule is [CH2][C@@H]1C[C@@H](Nc2ccnc3cc(-c4cccc(N5CCCCC5)c4)nn23)[C@H](O)[C@@H]1O. The molecule has 157 valence electrons. The van der Waals surface area contributed by atoms with E-state index >= 15 is 0 Å². The van der Waals surface area contributed by atoms with Gasteiger partial charge in [0.25, 0.3) is 0 Å². The molecule has 7 heteroatoms. The molecule has 30 heavy (non-hydrogen) atoms. The number of aliphatic hydroxyl groups is 2. The minimum atomic E-state index is -0.855. The van der Waals surface area contributed by atoms with Crippen LogP contribution in [-0.2, 0) is 0 Å². The van der Waals surface area contributed by atoms with Crippen molar-refractivity contribution < 1.29 is 10.2 Å². The maximum Gasteiger partial charge on any atom is 0.157 e. The fourth-order valence-corrected chi connectivity index (χ4v) is 4.62. The molecular weight excluding hydrogens is 378 g/mol. The van der Waals surface area contributed by atoms with Crippen molar-refractivity contribution in [3.8, 4) is 11.3 Å². The zero-order valence-corrected chi connectivity index (χ0v) is 17.0. The number of anilines is 2. The van der Waals surface area contributed by atoms with Crippen LogP contribution in [0.4, 0.5) is 11.5 Å². The summed E-state index contributed by atoms with van der Waals surface area (Å²) in [7, 11) is 0. The molecule has 2 fully saturated rings. The normalized spacial score (nSPS) is 27.0. The van der Waals surface area contributed by atoms with Crippen LogP contribution in [0.25, 0.3) is 16.9 Å². The third-order valence-electron chi connectivity index (χ3n) is 6.36. The van der Waals surface area contributed by atoms with E-state index in [0.29, 0.717) is 6.42 Å². The van der Waals surface area contributed by atoms with E-state index < -0.39 is 12.2 Å². The average molecular weight is 407 g/mol. The van der Waals surface area contributed by atoms with Crippen molar-refractivity contribution in [2.24, 2.45) is 5.92 Å². The van der Waals surface area contributed by atoms with Gasteiger partial charge >= 0.3 is 0 Å². The van der Waals surface area contributed by atoms with E-state index in [1.54, 1.807) is 10.7 Å². The Morgan fingerprint density at radius 3 is 2.63 bits per heavy atom. The Hall–Kier alpha value is -2.64. The van der Waals surface area contributed by atoms with Gasteiger partial charge in [-0.1, -0.05) is 12.1 Å². The van der Waals surface area contributed by atoms with Gasteiger partial charge in [-0.15, -0.1) is 0 Å². The minimum Gasteiger partial charge on any atom is -0.390 e. The molecule has 0 spiro atoms. The molecule has 1 aliphatic carbocycles. The fraction of sp³-hybridized carbons (Fsp3) is 0.435. The largest absolute Gasteiger partial charge is 0.390 e. The van der Waals surface area contributed by atoms with Crippen molar-refractivity contribution in [2.75, 3.05) is 23.3 Å². The number of piperidine rings is 1. The molecule has 5 rings (SSSR count). The van der Waals surface area contributed by atoms with Gasteiger partial charge in [0.1, 0.15) is 11.9 Å². The van der Waals surface area contributed by atoms with E-state index in [-0.39, 0.29) is 12.0 Å². The van der Waals surface area contributed by atoms with Crippen molar-refractivity contribution in [3.05, 3.63) is 49.5 Å². The molecule has 0 bridgehead atoms. The minimum absolute atomic E-state index is 0.194. The van der Waals surface area contributed by atoms with Gasteiger partial charge < -0.3 is 20.4 Å². The Morgan fingerprint density at radius 2 is 1.87 bits per heavy atom. The van der Waals surface area contributed by atoms with Crippen molar-refractivity contribution in [2.45, 2.75) is 43.9 Å². The van der Waals surface area contributed by atoms with E-state index in [4.69, 9.17) is 5.10 Å². The van der Waals surface area contributed by atoms with Crippen LogP contribution in [0.15, 0.2) is 42.6 Å². The van der Waals surface area contributed by atoms with E-state index in [9.17, 15) is 10.2 Å². The summed E-state index contributed by atoms with van der Waals surface area (Å²) >= 11 is 0. The summed E-state index contributed by atoms with van der Waals surface area (Å²) in [6.45, 7) is 6.13. The average Bonchev–Trinajstić information content (AvgIpc) is 3.32. The monoisotopic (exact) mass is 406 g/mol. The maximum absolute atomic E-state index is 10.3. The Bertz CT molecular complexity index is 1030. The zero-order chi connectivity index (χ0) is 20.7. The molecule has 1 aromatic carbocycles. The van der Waals surface area contributed by atoms with Crippen LogP contribution in [-0.4, -0.2) is 56.2 Å². The number of aliphatic hydroxyl groups excluding tert-OH is 2. The lowest BCUT2D eigenvalue weighted by molar-refractivity contribution is 0.0256. The number of nitrogens with one attached hydrogen (secondary N) is 1. The Morgan fingerprint density at radius 1 is 1.03 bits per heavy atom. The molecule has 1 radical (unpaired) electrons. The summed E-state index contributed by atoms with van der Waals surface area (Å²) < 4.78 is 1.76. The lowest BCUT2D eigenvalue weighted by atomic mass is 10.1. The van der Waals surface area contributed by atoms with Crippen LogP contribution in [0.5, 0.6) is 0 Å². The molecule has 3 aromatic rings. The smallest absolute Gasteiger partial charge is 0.157 e. The van der Waals surface area contributed by atoms with Crippen LogP contribution in [0.1, 0.15) is 25.7 Å². The fourth-order valence-electron chi connectivity index (χ4n) is 4.62. The molecule has 1 saturated heterocycles. The van der Waals surface area contributed by atoms with E-state index in [2.05, 4.69) is 46.4 Å². The summed E-state index contributed by atoms with van der Waals surface area (Å²) in [5.41, 5.74) is 3.89. The van der Waals surface area contributed by atoms with E-state index in [1.165, 1.54) is 24.9 Å². The van der Waals surface area contributed by atoms with Gasteiger partial charge in [0.2, 0.25) is 0 Å². The lowest BCUT2D eigenvalue weighted by Crippen LogP contribution is -2.35. The first-order valence-electron chi connectivity index (χ1n) is 10.8. The van der Waals surface area contributed by atoms with Gasteiger partial charge in [-0.05, 0) is 56.7 Å². The predicted molar refractivity (Wildman–Crippen MR) is 117 cm³/mol. The van der Waals surface area contributed by atoms with Gasteiger partial charge in [-0.25, -0.2) is 4.98 Å². The highest BCUT2D eigenvalue weighted by molar-refractivity contribution is 5.69. The quantitative estimate of drug-likeness (QED) is 0.618. The zero-order valence-electron chi connectivity index (χ0n) is 17.0. The Kier molecular flexibility index (Phi) is 5.08. The molecule has 1 aliphatic heterocycles. The number of hydrogen-bond acceptors (Lipinski definition) is 6. The topological polar surface area (TPSA) is 85.9 Å². The van der Waals surface area contributed by atoms with Gasteiger partial charge in [-0.2, -0.15) is 9.61 Å². The first-order valence-corrected chi connectivity index (χ1v) is 10.8. The molecule has 4 atom stereocenters. The molecular formula is C23H28N5O2. The Balaban J connectivity index is 1.44. The highest BCUT2D eigenvalue weighted by Crippen LogP contribution is 2.30. The molecule has 7 nitrogen and oxygen atoms in total. The number of benzene rings is 1. The van der Waals surface area contributed by atoms with Crippen LogP contribution in [0, 0.1) is 12.8 Å². The maximum atomic E-state index is 10.3. The third-order valence-corrected chi connectivity index (χ3v) is 6.36. The van der Waals surface area contributed by atoms with Crippen LogP contribution in [0.2, 0.25) is 0 Å². The second-order valence-corrected chi connectivity index (χ2v) is 8.46. The standard InChI is InChI=1S/C23H28N5O2/c1-15-12-19(23(30)22(15)29)25-20-8-9-24-21-14-18(26-28(20)21)16-6-5-7-17(13-16)27-10-3-2-4-11-27/h5-9,13-15,19,22-23,25,29-30H,1-4,10-12H2/t15-,19-,22-,23+/m1/s1. The number of fused-ring (bicyclic) bond motifs is 1. The highest BCUT2D eigenvalue weighted by Gasteiger charge is 2.39. The van der Waals surface area contributed by atoms with Gasteiger partial charge in [0.05, 0.1) is 17.8 Å². The van der Waals surface area contributed by atoms with Crippen molar-refractivity contribution in [3.63, 3.8) is 0 Å². The van der Waals surface area contributed by atoms with Crippen LogP contribution >= 0.6 is 0 Å². The van der Waals surface area contributed by atoms with Crippen LogP contribution in [0.3, 0.4) is 0 Å². The first kappa shape index (κ1) is 19.3. The van der Waals surface area contributed by atoms with Gasteiger partial charge in [0.15, 0.2) is 5.65 Å². The van der Waals surface area contributed by atoms with Crippen molar-refractivity contribution in [1.29, 1.82) is 0 Å². The molecule has 0 unspecified atom stereocenters. The number of aromatic nitrogens is 3. The van der Waals surface area contributed by atoms with Crippen molar-refractivity contribution in [1.82, 2.24) is 14.6 Å². The molecule has 3 N–H and O–H groups in total. The highest BCUT2D eigenvalue weighted by atomic mass is 16.3. The molecule has 3 heterocycles. The molecule has 2 aliphatic rings. The molecule has 0 amide bonds. The summed E-state index contributed by atoms with van der Waals surface area (Å²) in [6.07, 6.45) is 4.45. The Labute approximate surface area is 176 Å². The number of rotatable bonds is 4. The summed E-state index contributed by atoms with van der Waals surface area (Å²) in [6, 6.07) is 12.1. The number of hydrogen-bond donors (Lipinski definition) is 3. The number of nitrogens with zero attached hydrogens (tertiary/aromatic N) is 4. The summed E-state index contributed by atoms with van der Waals surface area (Å²) in [4.78, 5) is 6.89. The first-order chi connectivity index (χ1) is 14.6.